The number of hydrogen-bond acceptors (Lipinski definition) is 6. The molecule has 6 nitrogen and oxygen atoms in total. The van der Waals surface area contributed by atoms with Crippen LogP contribution in [0.5, 0.6) is 0 Å². The van der Waals surface area contributed by atoms with Crippen LogP contribution in [-0.4, -0.2) is 34.2 Å². The lowest BCUT2D eigenvalue weighted by Gasteiger charge is -2.01. The van der Waals surface area contributed by atoms with Crippen LogP contribution in [0.2, 0.25) is 0 Å². The first-order valence-electron chi connectivity index (χ1n) is 8.37. The Kier molecular flexibility index (Phi) is 6.31. The molecule has 8 heteroatoms. The van der Waals surface area contributed by atoms with Gasteiger partial charge in [-0.25, -0.2) is 9.78 Å². The Labute approximate surface area is 165 Å². The number of carbonyl (C=O) groups excluding carboxylic acids is 2. The van der Waals surface area contributed by atoms with Gasteiger partial charge in [-0.05, 0) is 31.0 Å². The zero-order valence-corrected chi connectivity index (χ0v) is 16.6. The van der Waals surface area contributed by atoms with Gasteiger partial charge in [-0.2, -0.15) is 0 Å². The first-order valence-corrected chi connectivity index (χ1v) is 10.2. The molecule has 0 unspecified atom stereocenters. The lowest BCUT2D eigenvalue weighted by Crippen LogP contribution is -2.13. The van der Waals surface area contributed by atoms with Crippen molar-refractivity contribution in [1.29, 1.82) is 0 Å². The number of hydrogen-bond donors (Lipinski definition) is 2. The van der Waals surface area contributed by atoms with E-state index in [0.29, 0.717) is 21.6 Å². The fourth-order valence-electron chi connectivity index (χ4n) is 2.39. The molecule has 27 heavy (non-hydrogen) atoms. The first kappa shape index (κ1) is 19.2. The number of carbonyl (C=O) groups is 2. The molecule has 1 aromatic carbocycles. The second-order valence-corrected chi connectivity index (χ2v) is 7.66. The predicted octanol–water partition coefficient (Wildman–Crippen LogP) is 4.35. The van der Waals surface area contributed by atoms with Crippen LogP contribution in [-0.2, 0) is 9.53 Å². The Bertz CT molecular complexity index is 935. The molecule has 0 radical (unpaired) electrons. The number of aryl methyl sites for hydroxylation is 1. The highest BCUT2D eigenvalue weighted by Crippen LogP contribution is 2.28. The molecule has 2 N–H and O–H groups in total. The minimum Gasteiger partial charge on any atom is -0.462 e. The van der Waals surface area contributed by atoms with Gasteiger partial charge in [0.05, 0.1) is 29.3 Å². The van der Waals surface area contributed by atoms with Gasteiger partial charge in [0.15, 0.2) is 5.16 Å². The summed E-state index contributed by atoms with van der Waals surface area (Å²) in [6, 6.07) is 11.7. The number of ether oxygens (including phenoxy) is 1. The maximum absolute atomic E-state index is 12.2. The van der Waals surface area contributed by atoms with E-state index in [9.17, 15) is 9.59 Å². The van der Waals surface area contributed by atoms with E-state index < -0.39 is 0 Å². The molecule has 1 amide bonds. The normalized spacial score (nSPS) is 10.6. The first-order chi connectivity index (χ1) is 13.1. The van der Waals surface area contributed by atoms with Gasteiger partial charge in [0.2, 0.25) is 5.91 Å². The summed E-state index contributed by atoms with van der Waals surface area (Å²) in [6.07, 6.45) is 1.75. The van der Waals surface area contributed by atoms with Gasteiger partial charge in [0, 0.05) is 0 Å². The van der Waals surface area contributed by atoms with E-state index >= 15 is 0 Å². The van der Waals surface area contributed by atoms with Gasteiger partial charge >= 0.3 is 5.97 Å². The highest BCUT2D eigenvalue weighted by atomic mass is 32.2. The molecule has 0 saturated carbocycles. The number of anilines is 1. The Balaban J connectivity index is 1.55. The molecular formula is C19H19N3O3S2. The van der Waals surface area contributed by atoms with E-state index in [1.165, 1.54) is 23.1 Å². The largest absolute Gasteiger partial charge is 0.462 e. The van der Waals surface area contributed by atoms with Crippen LogP contribution in [0.1, 0.15) is 22.2 Å². The van der Waals surface area contributed by atoms with Crippen molar-refractivity contribution in [3.05, 3.63) is 53.0 Å². The highest BCUT2D eigenvalue weighted by molar-refractivity contribution is 7.99. The quantitative estimate of drug-likeness (QED) is 0.454. The number of nitrogens with zero attached hydrogens (tertiary/aromatic N) is 1. The van der Waals surface area contributed by atoms with Crippen LogP contribution in [0.25, 0.3) is 11.3 Å². The average molecular weight is 402 g/mol. The summed E-state index contributed by atoms with van der Waals surface area (Å²) in [4.78, 5) is 32.1. The number of aromatic amines is 1. The summed E-state index contributed by atoms with van der Waals surface area (Å²) in [6.45, 7) is 3.91. The number of benzene rings is 1. The summed E-state index contributed by atoms with van der Waals surface area (Å²) in [7, 11) is 0. The third kappa shape index (κ3) is 4.99. The molecule has 0 saturated heterocycles. The molecule has 3 aromatic rings. The number of imidazole rings is 1. The van der Waals surface area contributed by atoms with Crippen molar-refractivity contribution >= 4 is 40.0 Å². The molecule has 140 valence electrons. The lowest BCUT2D eigenvalue weighted by atomic mass is 10.2. The van der Waals surface area contributed by atoms with E-state index in [4.69, 9.17) is 4.74 Å². The van der Waals surface area contributed by atoms with Crippen molar-refractivity contribution in [3.63, 3.8) is 0 Å². The fraction of sp³-hybridized carbons (Fsp3) is 0.211. The van der Waals surface area contributed by atoms with Crippen molar-refractivity contribution < 1.29 is 14.3 Å². The summed E-state index contributed by atoms with van der Waals surface area (Å²) in [5, 5.41) is 4.13. The smallest absolute Gasteiger partial charge is 0.348 e. The van der Waals surface area contributed by atoms with Crippen molar-refractivity contribution in [3.8, 4) is 11.3 Å². The second-order valence-electron chi connectivity index (χ2n) is 5.65. The number of thioether (sulfide) groups is 1. The molecule has 0 aliphatic carbocycles. The summed E-state index contributed by atoms with van der Waals surface area (Å²) >= 11 is 2.54. The number of rotatable bonds is 7. The van der Waals surface area contributed by atoms with E-state index in [2.05, 4.69) is 15.3 Å². The van der Waals surface area contributed by atoms with E-state index in [-0.39, 0.29) is 17.6 Å². The molecule has 0 fully saturated rings. The fourth-order valence-corrected chi connectivity index (χ4v) is 4.02. The Morgan fingerprint density at radius 3 is 2.81 bits per heavy atom. The molecule has 0 bridgehead atoms. The molecule has 3 rings (SSSR count). The summed E-state index contributed by atoms with van der Waals surface area (Å²) in [5.41, 5.74) is 2.74. The number of thiophene rings is 1. The van der Waals surface area contributed by atoms with Crippen LogP contribution < -0.4 is 5.32 Å². The minimum atomic E-state index is -0.362. The number of amides is 1. The highest BCUT2D eigenvalue weighted by Gasteiger charge is 2.16. The summed E-state index contributed by atoms with van der Waals surface area (Å²) < 4.78 is 5.01. The van der Waals surface area contributed by atoms with Crippen LogP contribution >= 0.6 is 23.1 Å². The monoisotopic (exact) mass is 401 g/mol. The second kappa shape index (κ2) is 8.88. The molecule has 0 aliphatic rings. The third-order valence-electron chi connectivity index (χ3n) is 3.62. The lowest BCUT2D eigenvalue weighted by molar-refractivity contribution is -0.113. The molecule has 2 aromatic heterocycles. The Morgan fingerprint density at radius 2 is 2.07 bits per heavy atom. The van der Waals surface area contributed by atoms with Gasteiger partial charge in [-0.1, -0.05) is 42.1 Å². The van der Waals surface area contributed by atoms with Crippen LogP contribution in [0.3, 0.4) is 0 Å². The zero-order chi connectivity index (χ0) is 19.2. The topological polar surface area (TPSA) is 84.1 Å². The van der Waals surface area contributed by atoms with Gasteiger partial charge in [-0.3, -0.25) is 4.79 Å². The van der Waals surface area contributed by atoms with Gasteiger partial charge in [-0.15, -0.1) is 11.3 Å². The standard InChI is InChI=1S/C19H19N3O3S2/c1-3-25-18(24)17-12(2)9-16(27-17)22-15(23)11-26-19-20-10-14(21-19)13-7-5-4-6-8-13/h4-10H,3,11H2,1-2H3,(H,20,21)(H,22,23). The number of aromatic nitrogens is 2. The van der Waals surface area contributed by atoms with Crippen LogP contribution in [0.15, 0.2) is 47.8 Å². The average Bonchev–Trinajstić information content (AvgIpc) is 3.28. The SMILES string of the molecule is CCOC(=O)c1sc(NC(=O)CSc2ncc(-c3ccccc3)[nH]2)cc1C. The maximum Gasteiger partial charge on any atom is 0.348 e. The molecule has 0 atom stereocenters. The van der Waals surface area contributed by atoms with E-state index in [0.717, 1.165) is 16.8 Å². The third-order valence-corrected chi connectivity index (χ3v) is 5.64. The van der Waals surface area contributed by atoms with E-state index in [1.54, 1.807) is 19.2 Å². The van der Waals surface area contributed by atoms with Crippen molar-refractivity contribution in [1.82, 2.24) is 9.97 Å². The number of esters is 1. The number of H-pyrrole nitrogens is 1. The summed E-state index contributed by atoms with van der Waals surface area (Å²) in [5.74, 6) is -0.304. The van der Waals surface area contributed by atoms with Gasteiger partial charge in [0.1, 0.15) is 4.88 Å². The van der Waals surface area contributed by atoms with Crippen LogP contribution in [0, 0.1) is 6.92 Å². The zero-order valence-electron chi connectivity index (χ0n) is 14.9. The predicted molar refractivity (Wildman–Crippen MR) is 108 cm³/mol. The van der Waals surface area contributed by atoms with Crippen LogP contribution in [0.4, 0.5) is 5.00 Å². The van der Waals surface area contributed by atoms with Crippen molar-refractivity contribution in [2.75, 3.05) is 17.7 Å². The van der Waals surface area contributed by atoms with E-state index in [1.807, 2.05) is 37.3 Å². The van der Waals surface area contributed by atoms with Crippen molar-refractivity contribution in [2.24, 2.45) is 0 Å². The van der Waals surface area contributed by atoms with Gasteiger partial charge in [0.25, 0.3) is 0 Å². The minimum absolute atomic E-state index is 0.158. The Hall–Kier alpha value is -2.58. The maximum atomic E-state index is 12.2. The van der Waals surface area contributed by atoms with Gasteiger partial charge < -0.3 is 15.0 Å². The molecule has 2 heterocycles. The van der Waals surface area contributed by atoms with Crippen molar-refractivity contribution in [2.45, 2.75) is 19.0 Å². The Morgan fingerprint density at radius 1 is 1.30 bits per heavy atom. The number of nitrogens with one attached hydrogen (secondary N) is 2. The molecular weight excluding hydrogens is 382 g/mol. The molecule has 0 spiro atoms. The molecule has 0 aliphatic heterocycles.